The Balaban J connectivity index is 1.72. The van der Waals surface area contributed by atoms with Crippen molar-refractivity contribution < 1.29 is 58.6 Å². The predicted octanol–water partition coefficient (Wildman–Crippen LogP) is 3.65. The Kier molecular flexibility index (Phi) is 7.90. The molecule has 2 aromatic carbocycles. The summed E-state index contributed by atoms with van der Waals surface area (Å²) in [6, 6.07) is 3.81. The number of nitrogens with zero attached hydrogens (tertiary/aromatic N) is 1. The van der Waals surface area contributed by atoms with Crippen molar-refractivity contribution in [2.75, 3.05) is 17.5 Å². The molecule has 0 aliphatic carbocycles. The normalized spacial score (nSPS) is 21.4. The number of cyclic esters (lactones) is 1. The van der Waals surface area contributed by atoms with E-state index in [0.29, 0.717) is 22.5 Å². The molecule has 1 saturated heterocycles. The average molecular weight is 628 g/mol. The quantitative estimate of drug-likeness (QED) is 0.403. The third-order valence-electron chi connectivity index (χ3n) is 7.03. The number of benzene rings is 2. The molecule has 2 heterocycles. The zero-order valence-electron chi connectivity index (χ0n) is 21.6. The third-order valence-corrected chi connectivity index (χ3v) is 8.91. The Morgan fingerprint density at radius 1 is 1.12 bits per heavy atom. The standard InChI is InChI=1S/C25H24F7N3O6S/c1-22(13-41-21(37)34-22)12-33-20(36)11-17-6-2-14-10-15(23(38,24(27,28)29)25(30,31)32)3-9-19(14)35(17)42(39,40)18-7-4-16(26)5-8-18/h3-5,7-10,17,38H,2,6,11-13H2,1H3,(H,33,36)(H,34,37)/t17-,22?/m0/s1. The van der Waals surface area contributed by atoms with Gasteiger partial charge < -0.3 is 20.5 Å². The van der Waals surface area contributed by atoms with Crippen LogP contribution in [0.4, 0.5) is 41.2 Å². The molecule has 42 heavy (non-hydrogen) atoms. The fourth-order valence-corrected chi connectivity index (χ4v) is 6.52. The molecule has 2 aliphatic heterocycles. The van der Waals surface area contributed by atoms with E-state index in [1.807, 2.05) is 0 Å². The molecule has 2 aromatic rings. The first-order valence-electron chi connectivity index (χ1n) is 12.3. The van der Waals surface area contributed by atoms with Gasteiger partial charge in [-0.3, -0.25) is 9.10 Å². The number of carbonyl (C=O) groups is 2. The second-order valence-corrected chi connectivity index (χ2v) is 12.1. The van der Waals surface area contributed by atoms with Gasteiger partial charge in [-0.05, 0) is 55.7 Å². The highest BCUT2D eigenvalue weighted by Gasteiger charge is 2.71. The molecule has 0 radical (unpaired) electrons. The van der Waals surface area contributed by atoms with Gasteiger partial charge in [0, 0.05) is 18.5 Å². The maximum Gasteiger partial charge on any atom is 0.430 e. The Hall–Kier alpha value is -3.60. The lowest BCUT2D eigenvalue weighted by atomic mass is 9.87. The number of fused-ring (bicyclic) bond motifs is 1. The van der Waals surface area contributed by atoms with Gasteiger partial charge in [0.05, 0.1) is 22.2 Å². The van der Waals surface area contributed by atoms with E-state index >= 15 is 0 Å². The van der Waals surface area contributed by atoms with Crippen LogP contribution in [0, 0.1) is 5.82 Å². The minimum atomic E-state index is -6.16. The van der Waals surface area contributed by atoms with E-state index in [4.69, 9.17) is 4.74 Å². The SMILES string of the molecule is CC1(CNC(=O)C[C@@H]2CCc3cc(C(O)(C(F)(F)F)C(F)(F)F)ccc3N2S(=O)(=O)c2ccc(F)cc2)COC(=O)N1. The van der Waals surface area contributed by atoms with Crippen molar-refractivity contribution in [3.05, 3.63) is 59.4 Å². The highest BCUT2D eigenvalue weighted by Crippen LogP contribution is 2.51. The molecular formula is C25H24F7N3O6S. The highest BCUT2D eigenvalue weighted by atomic mass is 32.2. The molecule has 1 fully saturated rings. The van der Waals surface area contributed by atoms with Crippen molar-refractivity contribution in [3.8, 4) is 0 Å². The molecule has 230 valence electrons. The van der Waals surface area contributed by atoms with Crippen LogP contribution in [0.2, 0.25) is 0 Å². The maximum absolute atomic E-state index is 13.7. The summed E-state index contributed by atoms with van der Waals surface area (Å²) in [7, 11) is -4.64. The summed E-state index contributed by atoms with van der Waals surface area (Å²) in [6.07, 6.45) is -14.0. The lowest BCUT2D eigenvalue weighted by molar-refractivity contribution is -0.376. The Morgan fingerprint density at radius 2 is 1.74 bits per heavy atom. The molecule has 0 spiro atoms. The molecule has 4 rings (SSSR count). The molecule has 2 amide bonds. The molecule has 9 nitrogen and oxygen atoms in total. The molecule has 1 unspecified atom stereocenters. The number of ether oxygens (including phenoxy) is 1. The van der Waals surface area contributed by atoms with Crippen LogP contribution in [0.15, 0.2) is 47.4 Å². The lowest BCUT2D eigenvalue weighted by Crippen LogP contribution is -2.54. The number of alkyl halides is 6. The van der Waals surface area contributed by atoms with E-state index < -0.39 is 74.3 Å². The number of halogens is 7. The van der Waals surface area contributed by atoms with Crippen molar-refractivity contribution in [1.29, 1.82) is 0 Å². The van der Waals surface area contributed by atoms with E-state index in [0.717, 1.165) is 24.3 Å². The fourth-order valence-electron chi connectivity index (χ4n) is 4.80. The zero-order valence-corrected chi connectivity index (χ0v) is 22.5. The number of rotatable bonds is 7. The summed E-state index contributed by atoms with van der Waals surface area (Å²) in [5.41, 5.74) is -8.33. The van der Waals surface area contributed by atoms with Gasteiger partial charge in [0.1, 0.15) is 12.4 Å². The van der Waals surface area contributed by atoms with Gasteiger partial charge in [0.25, 0.3) is 15.6 Å². The molecule has 2 aliphatic rings. The van der Waals surface area contributed by atoms with Gasteiger partial charge in [0.2, 0.25) is 5.91 Å². The predicted molar refractivity (Wildman–Crippen MR) is 131 cm³/mol. The number of hydrogen-bond donors (Lipinski definition) is 3. The number of anilines is 1. The number of sulfonamides is 1. The number of aryl methyl sites for hydroxylation is 1. The topological polar surface area (TPSA) is 125 Å². The molecule has 0 saturated carbocycles. The van der Waals surface area contributed by atoms with Crippen LogP contribution in [-0.2, 0) is 31.6 Å². The first-order valence-corrected chi connectivity index (χ1v) is 13.7. The first kappa shape index (κ1) is 31.3. The third kappa shape index (κ3) is 5.71. The second-order valence-electron chi connectivity index (χ2n) is 10.2. The summed E-state index contributed by atoms with van der Waals surface area (Å²) in [5.74, 6) is -1.45. The molecule has 0 bridgehead atoms. The molecule has 0 aromatic heterocycles. The number of carbonyl (C=O) groups excluding carboxylic acids is 2. The largest absolute Gasteiger partial charge is 0.447 e. The Bertz CT molecular complexity index is 1470. The van der Waals surface area contributed by atoms with Gasteiger partial charge in [0.15, 0.2) is 0 Å². The van der Waals surface area contributed by atoms with E-state index in [9.17, 15) is 53.8 Å². The van der Waals surface area contributed by atoms with Gasteiger partial charge in [-0.25, -0.2) is 17.6 Å². The van der Waals surface area contributed by atoms with Crippen LogP contribution in [0.5, 0.6) is 0 Å². The zero-order chi connectivity index (χ0) is 31.3. The molecule has 3 N–H and O–H groups in total. The summed E-state index contributed by atoms with van der Waals surface area (Å²) >= 11 is 0. The van der Waals surface area contributed by atoms with Crippen LogP contribution in [0.25, 0.3) is 0 Å². The van der Waals surface area contributed by atoms with Crippen LogP contribution in [-0.4, -0.2) is 62.6 Å². The molecule has 17 heteroatoms. The summed E-state index contributed by atoms with van der Waals surface area (Å²) in [4.78, 5) is 23.8. The van der Waals surface area contributed by atoms with Gasteiger partial charge in [-0.2, -0.15) is 26.3 Å². The number of alkyl carbamates (subject to hydrolysis) is 1. The molecule has 2 atom stereocenters. The fraction of sp³-hybridized carbons (Fsp3) is 0.440. The van der Waals surface area contributed by atoms with Crippen molar-refractivity contribution in [1.82, 2.24) is 10.6 Å². The first-order chi connectivity index (χ1) is 19.3. The van der Waals surface area contributed by atoms with Crippen LogP contribution in [0.3, 0.4) is 0 Å². The minimum absolute atomic E-state index is 0.0570. The monoisotopic (exact) mass is 627 g/mol. The van der Waals surface area contributed by atoms with Gasteiger partial charge in [-0.15, -0.1) is 0 Å². The Labute approximate surface area is 234 Å². The highest BCUT2D eigenvalue weighted by molar-refractivity contribution is 7.92. The van der Waals surface area contributed by atoms with Crippen molar-refractivity contribution in [3.63, 3.8) is 0 Å². The van der Waals surface area contributed by atoms with Gasteiger partial charge in [-0.1, -0.05) is 12.1 Å². The lowest BCUT2D eigenvalue weighted by Gasteiger charge is -2.39. The summed E-state index contributed by atoms with van der Waals surface area (Å²) in [6.45, 7) is 1.43. The Morgan fingerprint density at radius 3 is 2.29 bits per heavy atom. The average Bonchev–Trinajstić information content (AvgIpc) is 3.23. The van der Waals surface area contributed by atoms with E-state index in [1.54, 1.807) is 6.92 Å². The minimum Gasteiger partial charge on any atom is -0.447 e. The smallest absolute Gasteiger partial charge is 0.430 e. The summed E-state index contributed by atoms with van der Waals surface area (Å²) < 4.78 is 127. The summed E-state index contributed by atoms with van der Waals surface area (Å²) in [5, 5.41) is 14.9. The van der Waals surface area contributed by atoms with E-state index in [1.165, 1.54) is 0 Å². The van der Waals surface area contributed by atoms with E-state index in [-0.39, 0.29) is 37.2 Å². The number of hydrogen-bond acceptors (Lipinski definition) is 6. The van der Waals surface area contributed by atoms with Crippen LogP contribution in [0.1, 0.15) is 30.9 Å². The van der Waals surface area contributed by atoms with E-state index in [2.05, 4.69) is 10.6 Å². The maximum atomic E-state index is 13.7. The van der Waals surface area contributed by atoms with Crippen LogP contribution < -0.4 is 14.9 Å². The second kappa shape index (κ2) is 10.6. The van der Waals surface area contributed by atoms with Crippen molar-refractivity contribution >= 4 is 27.7 Å². The molecular weight excluding hydrogens is 603 g/mol. The van der Waals surface area contributed by atoms with Crippen molar-refractivity contribution in [2.24, 2.45) is 0 Å². The number of nitrogens with one attached hydrogen (secondary N) is 2. The number of amides is 2. The number of aliphatic hydroxyl groups is 1. The van der Waals surface area contributed by atoms with Crippen LogP contribution >= 0.6 is 0 Å². The van der Waals surface area contributed by atoms with Crippen molar-refractivity contribution in [2.45, 2.75) is 60.6 Å². The van der Waals surface area contributed by atoms with Gasteiger partial charge >= 0.3 is 18.4 Å².